The Labute approximate surface area is 176 Å². The lowest BCUT2D eigenvalue weighted by Crippen LogP contribution is -2.15. The van der Waals surface area contributed by atoms with Crippen LogP contribution >= 0.6 is 22.7 Å². The summed E-state index contributed by atoms with van der Waals surface area (Å²) in [7, 11) is 0. The van der Waals surface area contributed by atoms with Gasteiger partial charge < -0.3 is 10.1 Å². The Kier molecular flexibility index (Phi) is 4.87. The van der Waals surface area contributed by atoms with Gasteiger partial charge in [0.1, 0.15) is 5.92 Å². The minimum atomic E-state index is -0.298. The number of hydrogen-bond donors (Lipinski definition) is 1. The number of carbonyl (C=O) groups is 2. The maximum Gasteiger partial charge on any atom is 0.315 e. The lowest BCUT2D eigenvalue weighted by molar-refractivity contribution is -0.145. The van der Waals surface area contributed by atoms with Crippen molar-refractivity contribution in [2.75, 3.05) is 11.9 Å². The Hall–Kier alpha value is -2.26. The molecule has 3 aromatic rings. The van der Waals surface area contributed by atoms with Gasteiger partial charge in [0, 0.05) is 34.5 Å². The molecule has 3 aromatic heterocycles. The third kappa shape index (κ3) is 3.69. The van der Waals surface area contributed by atoms with Gasteiger partial charge in [-0.25, -0.2) is 9.97 Å². The van der Waals surface area contributed by atoms with Gasteiger partial charge in [0.05, 0.1) is 18.0 Å². The van der Waals surface area contributed by atoms with Crippen LogP contribution in [0.1, 0.15) is 66.4 Å². The van der Waals surface area contributed by atoms with Crippen LogP contribution in [0.5, 0.6) is 0 Å². The first-order valence-electron chi connectivity index (χ1n) is 10.0. The second-order valence-corrected chi connectivity index (χ2v) is 9.46. The van der Waals surface area contributed by atoms with Gasteiger partial charge in [0.15, 0.2) is 10.1 Å². The largest absolute Gasteiger partial charge is 0.465 e. The van der Waals surface area contributed by atoms with Crippen LogP contribution in [0, 0.1) is 0 Å². The number of fused-ring (bicyclic) bond motifs is 2. The zero-order valence-corrected chi connectivity index (χ0v) is 17.8. The number of anilines is 1. The molecule has 1 saturated carbocycles. The Morgan fingerprint density at radius 3 is 2.97 bits per heavy atom. The Bertz CT molecular complexity index is 1080. The number of nitrogens with one attached hydrogen (secondary N) is 1. The maximum atomic E-state index is 12.5. The van der Waals surface area contributed by atoms with Crippen molar-refractivity contribution in [1.82, 2.24) is 14.4 Å². The van der Waals surface area contributed by atoms with E-state index in [2.05, 4.69) is 31.3 Å². The molecule has 152 valence electrons. The summed E-state index contributed by atoms with van der Waals surface area (Å²) < 4.78 is 7.26. The van der Waals surface area contributed by atoms with Crippen LogP contribution in [0.2, 0.25) is 0 Å². The number of imidazole rings is 1. The molecule has 0 radical (unpaired) electrons. The number of hydrogen-bond acceptors (Lipinski definition) is 7. The van der Waals surface area contributed by atoms with Gasteiger partial charge in [-0.15, -0.1) is 22.7 Å². The van der Waals surface area contributed by atoms with Crippen LogP contribution in [-0.4, -0.2) is 32.9 Å². The van der Waals surface area contributed by atoms with Crippen molar-refractivity contribution in [2.45, 2.75) is 57.3 Å². The molecule has 7 nitrogen and oxygen atoms in total. The molecule has 1 amide bonds. The fourth-order valence-electron chi connectivity index (χ4n) is 3.78. The number of esters is 1. The van der Waals surface area contributed by atoms with Gasteiger partial charge in [-0.2, -0.15) is 0 Å². The average molecular weight is 431 g/mol. The summed E-state index contributed by atoms with van der Waals surface area (Å²) in [6.45, 7) is 2.17. The molecule has 0 aromatic carbocycles. The quantitative estimate of drug-likeness (QED) is 0.575. The third-order valence-electron chi connectivity index (χ3n) is 5.44. The highest BCUT2D eigenvalue weighted by atomic mass is 32.1. The Morgan fingerprint density at radius 1 is 1.31 bits per heavy atom. The Balaban J connectivity index is 1.21. The summed E-state index contributed by atoms with van der Waals surface area (Å²) >= 11 is 3.09. The van der Waals surface area contributed by atoms with Gasteiger partial charge in [0.25, 0.3) is 0 Å². The molecule has 0 aliphatic heterocycles. The van der Waals surface area contributed by atoms with Gasteiger partial charge >= 0.3 is 5.97 Å². The number of aryl methyl sites for hydroxylation is 2. The summed E-state index contributed by atoms with van der Waals surface area (Å²) in [6.07, 6.45) is 7.18. The minimum absolute atomic E-state index is 0.0630. The van der Waals surface area contributed by atoms with Crippen LogP contribution in [0.15, 0.2) is 11.6 Å². The Morgan fingerprint density at radius 2 is 2.17 bits per heavy atom. The van der Waals surface area contributed by atoms with E-state index < -0.39 is 0 Å². The molecular weight excluding hydrogens is 408 g/mol. The van der Waals surface area contributed by atoms with Gasteiger partial charge in [-0.05, 0) is 39.0 Å². The number of aromatic nitrogens is 3. The molecule has 1 fully saturated rings. The molecule has 1 N–H and O–H groups in total. The van der Waals surface area contributed by atoms with E-state index >= 15 is 0 Å². The van der Waals surface area contributed by atoms with Gasteiger partial charge in [0.2, 0.25) is 5.91 Å². The number of ether oxygens (including phenoxy) is 1. The molecular formula is C20H22N4O3S2. The van der Waals surface area contributed by atoms with Crippen molar-refractivity contribution < 1.29 is 14.3 Å². The zero-order chi connectivity index (χ0) is 20.0. The van der Waals surface area contributed by atoms with Gasteiger partial charge in [-0.1, -0.05) is 0 Å². The lowest BCUT2D eigenvalue weighted by atomic mass is 10.1. The molecule has 0 bridgehead atoms. The van der Waals surface area contributed by atoms with E-state index in [4.69, 9.17) is 4.74 Å². The molecule has 0 saturated heterocycles. The lowest BCUT2D eigenvalue weighted by Gasteiger charge is -2.08. The molecule has 9 heteroatoms. The number of rotatable bonds is 7. The average Bonchev–Trinajstić information content (AvgIpc) is 3.01. The molecule has 1 unspecified atom stereocenters. The monoisotopic (exact) mass is 430 g/mol. The van der Waals surface area contributed by atoms with Crippen LogP contribution in [-0.2, 0) is 27.2 Å². The van der Waals surface area contributed by atoms with Crippen LogP contribution in [0.3, 0.4) is 0 Å². The molecule has 1 atom stereocenters. The number of carbonyl (C=O) groups excluding carboxylic acids is 2. The molecule has 2 aliphatic rings. The standard InChI is InChI=1S/C20H22N4O3S2/c1-2-27-18(26)13-6-7-15-17(13)23-19(29-15)22-16(25)8-5-12-10-28-20-21-14(9-24(12)20)11-3-4-11/h9-11,13H,2-8H2,1H3,(H,22,23,25). The second kappa shape index (κ2) is 7.53. The topological polar surface area (TPSA) is 85.6 Å². The third-order valence-corrected chi connectivity index (χ3v) is 7.38. The van der Waals surface area contributed by atoms with Crippen molar-refractivity contribution in [1.29, 1.82) is 0 Å². The first-order valence-corrected chi connectivity index (χ1v) is 11.7. The van der Waals surface area contributed by atoms with E-state index in [0.29, 0.717) is 30.5 Å². The molecule has 0 spiro atoms. The molecule has 5 rings (SSSR count). The summed E-state index contributed by atoms with van der Waals surface area (Å²) in [6, 6.07) is 0. The SMILES string of the molecule is CCOC(=O)C1CCc2sc(NC(=O)CCc3csc4nc(C5CC5)cn34)nc21. The molecule has 3 heterocycles. The van der Waals surface area contributed by atoms with Crippen LogP contribution in [0.25, 0.3) is 4.96 Å². The zero-order valence-electron chi connectivity index (χ0n) is 16.1. The van der Waals surface area contributed by atoms with Crippen LogP contribution in [0.4, 0.5) is 5.13 Å². The minimum Gasteiger partial charge on any atom is -0.465 e. The van der Waals surface area contributed by atoms with Crippen molar-refractivity contribution in [3.63, 3.8) is 0 Å². The van der Waals surface area contributed by atoms with E-state index in [-0.39, 0.29) is 17.8 Å². The highest BCUT2D eigenvalue weighted by molar-refractivity contribution is 7.16. The first-order chi connectivity index (χ1) is 14.1. The maximum absolute atomic E-state index is 12.5. The predicted molar refractivity (Wildman–Crippen MR) is 112 cm³/mol. The predicted octanol–water partition coefficient (Wildman–Crippen LogP) is 3.89. The molecule has 2 aliphatic carbocycles. The summed E-state index contributed by atoms with van der Waals surface area (Å²) in [5.74, 6) is 0.0465. The van der Waals surface area contributed by atoms with Crippen molar-refractivity contribution in [2.24, 2.45) is 0 Å². The van der Waals surface area contributed by atoms with E-state index in [1.165, 1.54) is 29.9 Å². The number of amides is 1. The summed E-state index contributed by atoms with van der Waals surface area (Å²) in [4.78, 5) is 35.8. The normalized spacial score (nSPS) is 18.2. The van der Waals surface area contributed by atoms with E-state index in [0.717, 1.165) is 34.1 Å². The second-order valence-electron chi connectivity index (χ2n) is 7.54. The first kappa shape index (κ1) is 18.7. The van der Waals surface area contributed by atoms with E-state index in [1.54, 1.807) is 18.3 Å². The summed E-state index contributed by atoms with van der Waals surface area (Å²) in [5.41, 5.74) is 3.06. The van der Waals surface area contributed by atoms with E-state index in [1.807, 2.05) is 0 Å². The fourth-order valence-corrected chi connectivity index (χ4v) is 5.75. The van der Waals surface area contributed by atoms with Crippen molar-refractivity contribution in [3.8, 4) is 0 Å². The summed E-state index contributed by atoms with van der Waals surface area (Å²) in [5, 5.41) is 5.55. The fraction of sp³-hybridized carbons (Fsp3) is 0.500. The van der Waals surface area contributed by atoms with Gasteiger partial charge in [-0.3, -0.25) is 14.0 Å². The van der Waals surface area contributed by atoms with Crippen molar-refractivity contribution in [3.05, 3.63) is 33.5 Å². The van der Waals surface area contributed by atoms with E-state index in [9.17, 15) is 9.59 Å². The van der Waals surface area contributed by atoms with Crippen LogP contribution < -0.4 is 5.32 Å². The van der Waals surface area contributed by atoms with Crippen molar-refractivity contribution >= 4 is 44.6 Å². The number of thiazole rings is 2. The number of nitrogens with zero attached hydrogens (tertiary/aromatic N) is 3. The highest BCUT2D eigenvalue weighted by Crippen LogP contribution is 2.40. The highest BCUT2D eigenvalue weighted by Gasteiger charge is 2.33. The molecule has 29 heavy (non-hydrogen) atoms. The smallest absolute Gasteiger partial charge is 0.315 e.